The van der Waals surface area contributed by atoms with E-state index in [9.17, 15) is 9.59 Å². The Morgan fingerprint density at radius 3 is 2.30 bits per heavy atom. The zero-order valence-corrected chi connectivity index (χ0v) is 27.8. The van der Waals surface area contributed by atoms with Gasteiger partial charge in [-0.25, -0.2) is 14.7 Å². The van der Waals surface area contributed by atoms with Gasteiger partial charge in [0.05, 0.1) is 19.9 Å². The van der Waals surface area contributed by atoms with Crippen LogP contribution in [0.3, 0.4) is 0 Å². The molecule has 12 heteroatoms. The van der Waals surface area contributed by atoms with Crippen molar-refractivity contribution in [2.24, 2.45) is 0 Å². The Morgan fingerprint density at radius 1 is 0.891 bits per heavy atom. The van der Waals surface area contributed by atoms with Crippen molar-refractivity contribution in [3.63, 3.8) is 0 Å². The van der Waals surface area contributed by atoms with Crippen LogP contribution >= 0.6 is 11.8 Å². The zero-order chi connectivity index (χ0) is 33.1. The summed E-state index contributed by atoms with van der Waals surface area (Å²) in [5.41, 5.74) is 1.64. The molecule has 0 aliphatic rings. The minimum atomic E-state index is -0.692. The summed E-state index contributed by atoms with van der Waals surface area (Å²) in [4.78, 5) is 41.9. The molecule has 3 aromatic carbocycles. The van der Waals surface area contributed by atoms with Gasteiger partial charge in [0.25, 0.3) is 5.91 Å². The summed E-state index contributed by atoms with van der Waals surface area (Å²) < 4.78 is 16.9. The van der Waals surface area contributed by atoms with Crippen molar-refractivity contribution in [1.29, 1.82) is 0 Å². The van der Waals surface area contributed by atoms with Gasteiger partial charge >= 0.3 is 6.09 Å². The van der Waals surface area contributed by atoms with Crippen LogP contribution in [0.25, 0.3) is 0 Å². The third kappa shape index (κ3) is 8.46. The van der Waals surface area contributed by atoms with E-state index in [0.29, 0.717) is 40.7 Å². The average molecular weight is 645 g/mol. The average Bonchev–Trinajstić information content (AvgIpc) is 3.09. The summed E-state index contributed by atoms with van der Waals surface area (Å²) in [6, 6.07) is 21.1. The second-order valence-electron chi connectivity index (χ2n) is 10.1. The van der Waals surface area contributed by atoms with E-state index >= 15 is 0 Å². The molecule has 4 aromatic rings. The summed E-state index contributed by atoms with van der Waals surface area (Å²) in [7, 11) is 4.87. The van der Waals surface area contributed by atoms with Crippen LogP contribution in [0.5, 0.6) is 17.2 Å². The number of thioether (sulfide) groups is 1. The number of benzene rings is 3. The molecule has 242 valence electrons. The fraction of sp³-hybridized carbons (Fsp3) is 0.294. The molecule has 0 fully saturated rings. The van der Waals surface area contributed by atoms with Crippen LogP contribution in [0.2, 0.25) is 0 Å². The number of carbonyl (C=O) groups excluding carboxylic acids is 2. The zero-order valence-electron chi connectivity index (χ0n) is 27.0. The molecular formula is C34H40N6O5S. The molecule has 0 unspecified atom stereocenters. The number of methoxy groups -OCH3 is 2. The molecule has 0 aliphatic heterocycles. The summed E-state index contributed by atoms with van der Waals surface area (Å²) >= 11 is 1.47. The van der Waals surface area contributed by atoms with E-state index in [-0.39, 0.29) is 17.7 Å². The van der Waals surface area contributed by atoms with Crippen molar-refractivity contribution < 1.29 is 23.8 Å². The number of nitrogens with zero attached hydrogens (tertiary/aromatic N) is 5. The predicted molar refractivity (Wildman–Crippen MR) is 182 cm³/mol. The van der Waals surface area contributed by atoms with Gasteiger partial charge in [0.1, 0.15) is 23.1 Å². The lowest BCUT2D eigenvalue weighted by Gasteiger charge is -2.24. The first-order chi connectivity index (χ1) is 22.3. The molecule has 4 rings (SSSR count). The van der Waals surface area contributed by atoms with Gasteiger partial charge in [-0.05, 0) is 67.9 Å². The molecule has 0 saturated heterocycles. The monoisotopic (exact) mass is 644 g/mol. The number of nitrogens with one attached hydrogen (secondary N) is 1. The van der Waals surface area contributed by atoms with Gasteiger partial charge in [-0.1, -0.05) is 26.0 Å². The van der Waals surface area contributed by atoms with Crippen molar-refractivity contribution >= 4 is 46.9 Å². The number of carbonyl (C=O) groups is 2. The Hall–Kier alpha value is -4.81. The summed E-state index contributed by atoms with van der Waals surface area (Å²) in [5.74, 6) is 1.78. The van der Waals surface area contributed by atoms with Crippen molar-refractivity contribution in [1.82, 2.24) is 19.8 Å². The molecule has 0 aliphatic carbocycles. The third-order valence-electron chi connectivity index (χ3n) is 7.33. The maximum absolute atomic E-state index is 13.8. The van der Waals surface area contributed by atoms with E-state index in [1.54, 1.807) is 78.9 Å². The normalized spacial score (nSPS) is 10.8. The number of rotatable bonds is 14. The molecule has 46 heavy (non-hydrogen) atoms. The molecule has 2 amide bonds. The Labute approximate surface area is 274 Å². The Bertz CT molecular complexity index is 1620. The molecule has 0 radical (unpaired) electrons. The molecule has 1 N–H and O–H groups in total. The van der Waals surface area contributed by atoms with Crippen molar-refractivity contribution in [2.45, 2.75) is 18.7 Å². The second kappa shape index (κ2) is 16.5. The van der Waals surface area contributed by atoms with E-state index in [4.69, 9.17) is 14.2 Å². The second-order valence-corrected chi connectivity index (χ2v) is 10.9. The molecule has 1 heterocycles. The van der Waals surface area contributed by atoms with Crippen LogP contribution in [0.1, 0.15) is 24.2 Å². The first-order valence-corrected chi connectivity index (χ1v) is 16.1. The summed E-state index contributed by atoms with van der Waals surface area (Å²) in [5, 5.41) is 3.17. The highest BCUT2D eigenvalue weighted by Crippen LogP contribution is 2.37. The van der Waals surface area contributed by atoms with Crippen molar-refractivity contribution in [3.8, 4) is 17.2 Å². The van der Waals surface area contributed by atoms with Crippen LogP contribution in [0.4, 0.5) is 27.9 Å². The lowest BCUT2D eigenvalue weighted by molar-refractivity contribution is 0.0779. The predicted octanol–water partition coefficient (Wildman–Crippen LogP) is 6.71. The van der Waals surface area contributed by atoms with Crippen molar-refractivity contribution in [3.05, 3.63) is 84.6 Å². The third-order valence-corrected chi connectivity index (χ3v) is 8.10. The standard InChI is InChI=1S/C34H40N6O5S/c1-7-39(8-2)22-21-38(3)32(41)24-13-15-25(16-14-24)36-33-35-20-19-31(37-33)40(27-18-17-26(43-4)23-29(27)44-5)34(42)45-28-11-9-10-12-30(28)46-6/h9-20,23H,7-8,21-22H2,1-6H3,(H,35,36,37). The molecule has 0 spiro atoms. The smallest absolute Gasteiger partial charge is 0.425 e. The lowest BCUT2D eigenvalue weighted by Crippen LogP contribution is -2.36. The fourth-order valence-corrected chi connectivity index (χ4v) is 5.17. The van der Waals surface area contributed by atoms with Gasteiger partial charge in [0, 0.05) is 54.6 Å². The van der Waals surface area contributed by atoms with Crippen LogP contribution < -0.4 is 24.4 Å². The SMILES string of the molecule is CCN(CC)CCN(C)C(=O)c1ccc(Nc2nccc(N(C(=O)Oc3ccccc3SC)c3ccc(OC)cc3OC)n2)cc1. The van der Waals surface area contributed by atoms with E-state index < -0.39 is 6.09 Å². The molecular weight excluding hydrogens is 604 g/mol. The van der Waals surface area contributed by atoms with Gasteiger partial charge in [-0.15, -0.1) is 11.8 Å². The van der Waals surface area contributed by atoms with Crippen LogP contribution in [0.15, 0.2) is 83.9 Å². The quantitative estimate of drug-likeness (QED) is 0.149. The number of amides is 2. The maximum Gasteiger partial charge on any atom is 0.425 e. The number of hydrogen-bond donors (Lipinski definition) is 1. The van der Waals surface area contributed by atoms with Gasteiger partial charge in [0.15, 0.2) is 0 Å². The van der Waals surface area contributed by atoms with E-state index in [1.807, 2.05) is 25.4 Å². The molecule has 0 atom stereocenters. The maximum atomic E-state index is 13.8. The minimum Gasteiger partial charge on any atom is -0.497 e. The highest BCUT2D eigenvalue weighted by Gasteiger charge is 2.27. The van der Waals surface area contributed by atoms with Gasteiger partial charge < -0.3 is 29.3 Å². The highest BCUT2D eigenvalue weighted by atomic mass is 32.2. The summed E-state index contributed by atoms with van der Waals surface area (Å²) in [6.45, 7) is 7.58. The van der Waals surface area contributed by atoms with Crippen LogP contribution in [-0.4, -0.2) is 85.5 Å². The minimum absolute atomic E-state index is 0.0532. The first-order valence-electron chi connectivity index (χ1n) is 14.9. The van der Waals surface area contributed by atoms with Crippen molar-refractivity contribution in [2.75, 3.05) is 63.9 Å². The molecule has 0 bridgehead atoms. The number of likely N-dealkylation sites (N-methyl/N-ethyl adjacent to an activating group) is 2. The number of anilines is 4. The van der Waals surface area contributed by atoms with Gasteiger partial charge in [-0.2, -0.15) is 4.98 Å². The van der Waals surface area contributed by atoms with Crippen LogP contribution in [0, 0.1) is 0 Å². The summed E-state index contributed by atoms with van der Waals surface area (Å²) in [6.07, 6.45) is 2.76. The number of hydrogen-bond acceptors (Lipinski definition) is 10. The number of para-hydroxylation sites is 1. The molecule has 0 saturated carbocycles. The van der Waals surface area contributed by atoms with E-state index in [2.05, 4.69) is 34.0 Å². The van der Waals surface area contributed by atoms with E-state index in [0.717, 1.165) is 24.5 Å². The first kappa shape index (κ1) is 34.1. The van der Waals surface area contributed by atoms with Gasteiger partial charge in [0.2, 0.25) is 5.95 Å². The highest BCUT2D eigenvalue weighted by molar-refractivity contribution is 7.98. The lowest BCUT2D eigenvalue weighted by atomic mass is 10.2. The Kier molecular flexibility index (Phi) is 12.2. The molecule has 1 aromatic heterocycles. The largest absolute Gasteiger partial charge is 0.497 e. The topological polar surface area (TPSA) is 109 Å². The fourth-order valence-electron chi connectivity index (χ4n) is 4.64. The Morgan fingerprint density at radius 2 is 1.63 bits per heavy atom. The van der Waals surface area contributed by atoms with E-state index in [1.165, 1.54) is 23.8 Å². The number of ether oxygens (including phenoxy) is 3. The van der Waals surface area contributed by atoms with Crippen LogP contribution in [-0.2, 0) is 0 Å². The Balaban J connectivity index is 1.59. The number of aromatic nitrogens is 2. The van der Waals surface area contributed by atoms with Gasteiger partial charge in [-0.3, -0.25) is 4.79 Å². The molecule has 11 nitrogen and oxygen atoms in total.